The second-order valence-corrected chi connectivity index (χ2v) is 4.36. The lowest BCUT2D eigenvalue weighted by atomic mass is 10.1. The average molecular weight is 267 g/mol. The molecule has 1 rings (SSSR count). The van der Waals surface area contributed by atoms with Gasteiger partial charge in [-0.25, -0.2) is 5.10 Å². The maximum Gasteiger partial charge on any atom is 0.303 e. The van der Waals surface area contributed by atoms with Crippen LogP contribution in [0.4, 0.5) is 0 Å². The van der Waals surface area contributed by atoms with Crippen LogP contribution in [0.15, 0.2) is 4.79 Å². The molecule has 7 nitrogen and oxygen atoms in total. The number of hydrogen-bond acceptors (Lipinski definition) is 4. The summed E-state index contributed by atoms with van der Waals surface area (Å²) in [6.45, 7) is 3.65. The van der Waals surface area contributed by atoms with Crippen LogP contribution in [0.1, 0.15) is 34.5 Å². The van der Waals surface area contributed by atoms with Gasteiger partial charge >= 0.3 is 5.97 Å². The zero-order valence-electron chi connectivity index (χ0n) is 11.2. The molecule has 0 aromatic carbocycles. The number of hydrogen-bond donors (Lipinski definition) is 2. The van der Waals surface area contributed by atoms with E-state index in [4.69, 9.17) is 5.11 Å². The zero-order valence-corrected chi connectivity index (χ0v) is 11.2. The molecule has 0 radical (unpaired) electrons. The number of aliphatic carboxylic acids is 1. The van der Waals surface area contributed by atoms with Gasteiger partial charge in [0.15, 0.2) is 0 Å². The molecule has 0 saturated carbocycles. The number of amides is 1. The lowest BCUT2D eigenvalue weighted by Gasteiger charge is -2.17. The minimum absolute atomic E-state index is 0.0116. The number of aromatic amines is 1. The molecule has 0 saturated heterocycles. The van der Waals surface area contributed by atoms with Crippen LogP contribution in [-0.2, 0) is 4.79 Å². The fourth-order valence-electron chi connectivity index (χ4n) is 1.64. The van der Waals surface area contributed by atoms with E-state index in [0.29, 0.717) is 17.7 Å². The topological polar surface area (TPSA) is 103 Å². The van der Waals surface area contributed by atoms with E-state index >= 15 is 0 Å². The third-order valence-corrected chi connectivity index (χ3v) is 2.91. The zero-order chi connectivity index (χ0) is 14.6. The highest BCUT2D eigenvalue weighted by molar-refractivity contribution is 5.95. The molecule has 0 bridgehead atoms. The van der Waals surface area contributed by atoms with Crippen LogP contribution in [0.25, 0.3) is 0 Å². The Morgan fingerprint density at radius 3 is 2.58 bits per heavy atom. The SMILES string of the molecule is Cc1n[nH]c(=O)c(C(=O)N(C)CCCC(=O)O)c1C. The Kier molecular flexibility index (Phi) is 4.80. The monoisotopic (exact) mass is 267 g/mol. The molecular weight excluding hydrogens is 250 g/mol. The van der Waals surface area contributed by atoms with Crippen LogP contribution < -0.4 is 5.56 Å². The van der Waals surface area contributed by atoms with Crippen molar-refractivity contribution in [3.8, 4) is 0 Å². The van der Waals surface area contributed by atoms with Gasteiger partial charge in [-0.2, -0.15) is 5.10 Å². The van der Waals surface area contributed by atoms with Gasteiger partial charge in [0, 0.05) is 20.0 Å². The van der Waals surface area contributed by atoms with Gasteiger partial charge in [-0.1, -0.05) is 0 Å². The molecule has 1 aromatic heterocycles. The lowest BCUT2D eigenvalue weighted by molar-refractivity contribution is -0.137. The number of nitrogens with one attached hydrogen (secondary N) is 1. The van der Waals surface area contributed by atoms with E-state index in [2.05, 4.69) is 10.2 Å². The number of rotatable bonds is 5. The predicted octanol–water partition coefficient (Wildman–Crippen LogP) is 0.324. The van der Waals surface area contributed by atoms with E-state index < -0.39 is 17.4 Å². The molecule has 0 aliphatic carbocycles. The normalized spacial score (nSPS) is 10.3. The van der Waals surface area contributed by atoms with E-state index in [1.165, 1.54) is 4.90 Å². The number of nitrogens with zero attached hydrogens (tertiary/aromatic N) is 2. The maximum atomic E-state index is 12.1. The standard InChI is InChI=1S/C12H17N3O4/c1-7-8(2)13-14-11(18)10(7)12(19)15(3)6-4-5-9(16)17/h4-6H2,1-3H3,(H,14,18)(H,16,17). The summed E-state index contributed by atoms with van der Waals surface area (Å²) < 4.78 is 0. The van der Waals surface area contributed by atoms with Crippen molar-refractivity contribution in [3.05, 3.63) is 27.2 Å². The van der Waals surface area contributed by atoms with Crippen molar-refractivity contribution in [1.82, 2.24) is 15.1 Å². The summed E-state index contributed by atoms with van der Waals surface area (Å²) in [6, 6.07) is 0. The first-order chi connectivity index (χ1) is 8.84. The van der Waals surface area contributed by atoms with Crippen molar-refractivity contribution in [3.63, 3.8) is 0 Å². The smallest absolute Gasteiger partial charge is 0.303 e. The number of aromatic nitrogens is 2. The third-order valence-electron chi connectivity index (χ3n) is 2.91. The van der Waals surface area contributed by atoms with Gasteiger partial charge in [0.05, 0.1) is 5.69 Å². The second kappa shape index (κ2) is 6.12. The highest BCUT2D eigenvalue weighted by Gasteiger charge is 2.19. The largest absolute Gasteiger partial charge is 0.481 e. The first kappa shape index (κ1) is 14.9. The maximum absolute atomic E-state index is 12.1. The van der Waals surface area contributed by atoms with E-state index in [0.717, 1.165) is 0 Å². The summed E-state index contributed by atoms with van der Waals surface area (Å²) in [5, 5.41) is 14.6. The van der Waals surface area contributed by atoms with Crippen molar-refractivity contribution in [2.45, 2.75) is 26.7 Å². The molecule has 0 aliphatic heterocycles. The van der Waals surface area contributed by atoms with Crippen LogP contribution in [0.5, 0.6) is 0 Å². The summed E-state index contributed by atoms with van der Waals surface area (Å²) in [5.41, 5.74) is 0.657. The van der Waals surface area contributed by atoms with E-state index in [9.17, 15) is 14.4 Å². The van der Waals surface area contributed by atoms with Crippen molar-refractivity contribution in [1.29, 1.82) is 0 Å². The van der Waals surface area contributed by atoms with E-state index in [1.807, 2.05) is 0 Å². The molecule has 0 fully saturated rings. The summed E-state index contributed by atoms with van der Waals surface area (Å²) >= 11 is 0. The van der Waals surface area contributed by atoms with Gasteiger partial charge in [-0.15, -0.1) is 0 Å². The van der Waals surface area contributed by atoms with E-state index in [-0.39, 0.29) is 18.5 Å². The number of aryl methyl sites for hydroxylation is 1. The summed E-state index contributed by atoms with van der Waals surface area (Å²) in [5.74, 6) is -1.33. The minimum atomic E-state index is -0.908. The first-order valence-electron chi connectivity index (χ1n) is 5.87. The van der Waals surface area contributed by atoms with Crippen LogP contribution >= 0.6 is 0 Å². The molecular formula is C12H17N3O4. The van der Waals surface area contributed by atoms with Crippen LogP contribution in [0, 0.1) is 13.8 Å². The fourth-order valence-corrected chi connectivity index (χ4v) is 1.64. The number of H-pyrrole nitrogens is 1. The molecule has 0 spiro atoms. The van der Waals surface area contributed by atoms with Gasteiger partial charge in [-0.05, 0) is 25.8 Å². The molecule has 19 heavy (non-hydrogen) atoms. The molecule has 2 N–H and O–H groups in total. The molecule has 1 heterocycles. The van der Waals surface area contributed by atoms with Crippen molar-refractivity contribution < 1.29 is 14.7 Å². The number of carboxylic acids is 1. The van der Waals surface area contributed by atoms with Crippen molar-refractivity contribution in [2.24, 2.45) is 0 Å². The molecule has 1 aromatic rings. The van der Waals surface area contributed by atoms with Crippen LogP contribution in [-0.4, -0.2) is 45.7 Å². The van der Waals surface area contributed by atoms with Crippen LogP contribution in [0.2, 0.25) is 0 Å². The Bertz CT molecular complexity index is 550. The quantitative estimate of drug-likeness (QED) is 0.799. The Balaban J connectivity index is 2.86. The summed E-state index contributed by atoms with van der Waals surface area (Å²) in [7, 11) is 1.54. The Morgan fingerprint density at radius 1 is 1.37 bits per heavy atom. The highest BCUT2D eigenvalue weighted by Crippen LogP contribution is 2.08. The molecule has 7 heteroatoms. The lowest BCUT2D eigenvalue weighted by Crippen LogP contribution is -2.34. The Labute approximate surface area is 110 Å². The molecule has 0 unspecified atom stereocenters. The van der Waals surface area contributed by atoms with Gasteiger partial charge in [0.2, 0.25) is 0 Å². The second-order valence-electron chi connectivity index (χ2n) is 4.36. The molecule has 104 valence electrons. The van der Waals surface area contributed by atoms with Crippen LogP contribution in [0.3, 0.4) is 0 Å². The number of carboxylic acid groups (broad SMARTS) is 1. The third kappa shape index (κ3) is 3.64. The Morgan fingerprint density at radius 2 is 2.00 bits per heavy atom. The Hall–Kier alpha value is -2.18. The van der Waals surface area contributed by atoms with Gasteiger partial charge < -0.3 is 10.0 Å². The van der Waals surface area contributed by atoms with Gasteiger partial charge in [0.1, 0.15) is 5.56 Å². The highest BCUT2D eigenvalue weighted by atomic mass is 16.4. The molecule has 0 atom stereocenters. The average Bonchev–Trinajstić information content (AvgIpc) is 2.33. The molecule has 1 amide bonds. The summed E-state index contributed by atoms with van der Waals surface area (Å²) in [4.78, 5) is 35.6. The van der Waals surface area contributed by atoms with Crippen molar-refractivity contribution >= 4 is 11.9 Å². The first-order valence-corrected chi connectivity index (χ1v) is 5.87. The number of carbonyl (C=O) groups is 2. The summed E-state index contributed by atoms with van der Waals surface area (Å²) in [6.07, 6.45) is 0.334. The fraction of sp³-hybridized carbons (Fsp3) is 0.500. The minimum Gasteiger partial charge on any atom is -0.481 e. The number of carbonyl (C=O) groups excluding carboxylic acids is 1. The van der Waals surface area contributed by atoms with E-state index in [1.54, 1.807) is 20.9 Å². The van der Waals surface area contributed by atoms with Gasteiger partial charge in [0.25, 0.3) is 11.5 Å². The molecule has 0 aliphatic rings. The van der Waals surface area contributed by atoms with Crippen molar-refractivity contribution in [2.75, 3.05) is 13.6 Å². The van der Waals surface area contributed by atoms with Gasteiger partial charge in [-0.3, -0.25) is 14.4 Å². The predicted molar refractivity (Wildman–Crippen MR) is 68.2 cm³/mol.